The van der Waals surface area contributed by atoms with Crippen molar-refractivity contribution in [2.45, 2.75) is 26.5 Å². The quantitative estimate of drug-likeness (QED) is 0.306. The summed E-state index contributed by atoms with van der Waals surface area (Å²) in [4.78, 5) is 31.7. The van der Waals surface area contributed by atoms with Crippen LogP contribution in [0.4, 0.5) is 0 Å². The number of carbonyl (C=O) groups is 1. The van der Waals surface area contributed by atoms with E-state index in [1.807, 2.05) is 84.9 Å². The van der Waals surface area contributed by atoms with Crippen LogP contribution in [0.1, 0.15) is 36.6 Å². The molecule has 0 saturated carbocycles. The molecule has 38 heavy (non-hydrogen) atoms. The van der Waals surface area contributed by atoms with Crippen molar-refractivity contribution in [2.24, 2.45) is 4.99 Å². The molecule has 1 aliphatic heterocycles. The number of hydrogen-bond donors (Lipinski definition) is 0. The fourth-order valence-electron chi connectivity index (χ4n) is 4.30. The van der Waals surface area contributed by atoms with Gasteiger partial charge in [-0.1, -0.05) is 77.5 Å². The van der Waals surface area contributed by atoms with Crippen molar-refractivity contribution in [2.75, 3.05) is 6.61 Å². The second kappa shape index (κ2) is 11.2. The highest BCUT2D eigenvalue weighted by Gasteiger charge is 2.33. The van der Waals surface area contributed by atoms with Gasteiger partial charge in [0.15, 0.2) is 4.80 Å². The Bertz CT molecular complexity index is 1670. The van der Waals surface area contributed by atoms with E-state index >= 15 is 0 Å². The van der Waals surface area contributed by atoms with Gasteiger partial charge < -0.3 is 9.47 Å². The highest BCUT2D eigenvalue weighted by Crippen LogP contribution is 2.30. The smallest absolute Gasteiger partial charge is 0.338 e. The number of thiazole rings is 1. The van der Waals surface area contributed by atoms with Crippen LogP contribution in [0.15, 0.2) is 99.9 Å². The van der Waals surface area contributed by atoms with E-state index in [-0.39, 0.29) is 12.2 Å². The van der Waals surface area contributed by atoms with Gasteiger partial charge in [0, 0.05) is 5.02 Å². The Morgan fingerprint density at radius 3 is 2.45 bits per heavy atom. The lowest BCUT2D eigenvalue weighted by molar-refractivity contribution is -0.139. The molecule has 4 aromatic rings. The van der Waals surface area contributed by atoms with Crippen molar-refractivity contribution in [1.82, 2.24) is 4.57 Å². The van der Waals surface area contributed by atoms with E-state index in [0.717, 1.165) is 22.4 Å². The zero-order valence-corrected chi connectivity index (χ0v) is 22.5. The summed E-state index contributed by atoms with van der Waals surface area (Å²) in [6.45, 7) is 4.20. The van der Waals surface area contributed by atoms with Gasteiger partial charge in [-0.3, -0.25) is 9.36 Å². The molecule has 0 N–H and O–H groups in total. The van der Waals surface area contributed by atoms with Gasteiger partial charge in [-0.2, -0.15) is 0 Å². The number of rotatable bonds is 7. The number of benzene rings is 3. The summed E-state index contributed by atoms with van der Waals surface area (Å²) >= 11 is 7.24. The predicted molar refractivity (Wildman–Crippen MR) is 149 cm³/mol. The van der Waals surface area contributed by atoms with Crippen LogP contribution in [0.5, 0.6) is 5.75 Å². The van der Waals surface area contributed by atoms with E-state index in [1.54, 1.807) is 18.4 Å². The molecular weight excluding hydrogens is 520 g/mol. The monoisotopic (exact) mass is 544 g/mol. The number of aromatic nitrogens is 1. The number of halogens is 1. The summed E-state index contributed by atoms with van der Waals surface area (Å²) in [6, 6.07) is 23.9. The van der Waals surface area contributed by atoms with Crippen molar-refractivity contribution in [3.63, 3.8) is 0 Å². The first-order valence-electron chi connectivity index (χ1n) is 12.2. The van der Waals surface area contributed by atoms with Crippen LogP contribution in [0.25, 0.3) is 6.08 Å². The summed E-state index contributed by atoms with van der Waals surface area (Å²) in [6.07, 6.45) is 1.83. The van der Waals surface area contributed by atoms with E-state index in [4.69, 9.17) is 21.1 Å². The summed E-state index contributed by atoms with van der Waals surface area (Å²) in [5.41, 5.74) is 3.41. The zero-order valence-electron chi connectivity index (χ0n) is 20.9. The summed E-state index contributed by atoms with van der Waals surface area (Å²) < 4.78 is 13.3. The average Bonchev–Trinajstić information content (AvgIpc) is 3.23. The van der Waals surface area contributed by atoms with Gasteiger partial charge in [0.1, 0.15) is 12.4 Å². The standard InChI is InChI=1S/C30H25ClN2O4S/c1-3-36-29(35)26-19(2)32-30-33(27(26)22-7-5-4-6-8-22)28(34)25(38-30)17-20-11-15-24(16-12-20)37-18-21-9-13-23(31)14-10-21/h4-17,27H,3,18H2,1-2H3/b25-17-. The molecule has 8 heteroatoms. The molecule has 1 aliphatic rings. The van der Waals surface area contributed by atoms with Crippen LogP contribution in [0, 0.1) is 0 Å². The van der Waals surface area contributed by atoms with Crippen molar-refractivity contribution in [1.29, 1.82) is 0 Å². The van der Waals surface area contributed by atoms with Gasteiger partial charge >= 0.3 is 5.97 Å². The second-order valence-electron chi connectivity index (χ2n) is 8.70. The first kappa shape index (κ1) is 25.7. The summed E-state index contributed by atoms with van der Waals surface area (Å²) in [5, 5.41) is 0.686. The van der Waals surface area contributed by atoms with Crippen LogP contribution in [-0.2, 0) is 16.1 Å². The van der Waals surface area contributed by atoms with Crippen molar-refractivity contribution < 1.29 is 14.3 Å². The number of fused-ring (bicyclic) bond motifs is 1. The molecule has 6 nitrogen and oxygen atoms in total. The minimum atomic E-state index is -0.614. The van der Waals surface area contributed by atoms with E-state index < -0.39 is 12.0 Å². The maximum Gasteiger partial charge on any atom is 0.338 e. The third-order valence-corrected chi connectivity index (χ3v) is 7.36. The molecule has 0 spiro atoms. The van der Waals surface area contributed by atoms with Gasteiger partial charge in [0.2, 0.25) is 0 Å². The minimum absolute atomic E-state index is 0.208. The first-order valence-corrected chi connectivity index (χ1v) is 13.4. The Morgan fingerprint density at radius 2 is 1.76 bits per heavy atom. The summed E-state index contributed by atoms with van der Waals surface area (Å²) in [7, 11) is 0. The normalized spacial score (nSPS) is 15.1. The fraction of sp³-hybridized carbons (Fsp3) is 0.167. The molecule has 3 aromatic carbocycles. The lowest BCUT2D eigenvalue weighted by Crippen LogP contribution is -2.39. The molecular formula is C30H25ClN2O4S. The molecule has 1 atom stereocenters. The number of esters is 1. The second-order valence-corrected chi connectivity index (χ2v) is 10.1. The maximum absolute atomic E-state index is 13.7. The van der Waals surface area contributed by atoms with Crippen molar-refractivity contribution in [3.8, 4) is 5.75 Å². The highest BCUT2D eigenvalue weighted by atomic mass is 35.5. The largest absolute Gasteiger partial charge is 0.489 e. The van der Waals surface area contributed by atoms with Gasteiger partial charge in [0.25, 0.3) is 5.56 Å². The minimum Gasteiger partial charge on any atom is -0.489 e. The molecule has 5 rings (SSSR count). The van der Waals surface area contributed by atoms with Crippen molar-refractivity contribution >= 4 is 35.0 Å². The number of allylic oxidation sites excluding steroid dienone is 1. The van der Waals surface area contributed by atoms with Crippen LogP contribution in [0.2, 0.25) is 5.02 Å². The number of ether oxygens (including phenoxy) is 2. The fourth-order valence-corrected chi connectivity index (χ4v) is 5.47. The van der Waals surface area contributed by atoms with E-state index in [2.05, 4.69) is 4.99 Å². The molecule has 0 aliphatic carbocycles. The van der Waals surface area contributed by atoms with Crippen LogP contribution in [0.3, 0.4) is 0 Å². The van der Waals surface area contributed by atoms with Gasteiger partial charge in [-0.05, 0) is 60.9 Å². The van der Waals surface area contributed by atoms with Crippen LogP contribution < -0.4 is 19.6 Å². The predicted octanol–water partition coefficient (Wildman–Crippen LogP) is 5.03. The number of nitrogens with zero attached hydrogens (tertiary/aromatic N) is 2. The highest BCUT2D eigenvalue weighted by molar-refractivity contribution is 7.07. The van der Waals surface area contributed by atoms with Crippen LogP contribution >= 0.6 is 22.9 Å². The zero-order chi connectivity index (χ0) is 26.6. The van der Waals surface area contributed by atoms with E-state index in [9.17, 15) is 9.59 Å². The Labute approximate surface area is 228 Å². The lowest BCUT2D eigenvalue weighted by Gasteiger charge is -2.24. The molecule has 192 valence electrons. The number of hydrogen-bond acceptors (Lipinski definition) is 6. The Hall–Kier alpha value is -3.94. The third kappa shape index (κ3) is 5.35. The molecule has 0 amide bonds. The average molecular weight is 545 g/mol. The van der Waals surface area contributed by atoms with Gasteiger partial charge in [-0.25, -0.2) is 9.79 Å². The molecule has 1 aromatic heterocycles. The first-order chi connectivity index (χ1) is 18.4. The molecule has 0 saturated heterocycles. The molecule has 0 fully saturated rings. The third-order valence-electron chi connectivity index (χ3n) is 6.13. The van der Waals surface area contributed by atoms with Crippen molar-refractivity contribution in [3.05, 3.63) is 132 Å². The maximum atomic E-state index is 13.7. The lowest BCUT2D eigenvalue weighted by atomic mass is 9.96. The van der Waals surface area contributed by atoms with Crippen LogP contribution in [-0.4, -0.2) is 17.1 Å². The Balaban J connectivity index is 1.47. The molecule has 1 unspecified atom stereocenters. The molecule has 2 heterocycles. The van der Waals surface area contributed by atoms with E-state index in [0.29, 0.717) is 32.2 Å². The van der Waals surface area contributed by atoms with E-state index in [1.165, 1.54) is 11.3 Å². The Kier molecular flexibility index (Phi) is 7.58. The topological polar surface area (TPSA) is 69.9 Å². The molecule has 0 bridgehead atoms. The Morgan fingerprint density at radius 1 is 1.05 bits per heavy atom. The van der Waals surface area contributed by atoms with Gasteiger partial charge in [0.05, 0.1) is 28.5 Å². The molecule has 0 radical (unpaired) electrons. The summed E-state index contributed by atoms with van der Waals surface area (Å²) in [5.74, 6) is 0.253. The SMILES string of the molecule is CCOC(=O)C1=C(C)N=c2s/c(=C\c3ccc(OCc4ccc(Cl)cc4)cc3)c(=O)n2C1c1ccccc1. The number of carbonyl (C=O) groups excluding carboxylic acids is 1. The van der Waals surface area contributed by atoms with Gasteiger partial charge in [-0.15, -0.1) is 0 Å².